The second kappa shape index (κ2) is 7.22. The Morgan fingerprint density at radius 1 is 1.42 bits per heavy atom. The Labute approximate surface area is 115 Å². The highest BCUT2D eigenvalue weighted by atomic mass is 16.5. The van der Waals surface area contributed by atoms with Crippen molar-refractivity contribution in [2.75, 3.05) is 19.8 Å². The van der Waals surface area contributed by atoms with Gasteiger partial charge in [-0.15, -0.1) is 0 Å². The highest BCUT2D eigenvalue weighted by molar-refractivity contribution is 5.81. The zero-order valence-electron chi connectivity index (χ0n) is 12.3. The van der Waals surface area contributed by atoms with Crippen LogP contribution in [-0.2, 0) is 9.53 Å². The molecule has 4 N–H and O–H groups in total. The molecule has 1 saturated heterocycles. The minimum absolute atomic E-state index is 0.0486. The predicted octanol–water partition coefficient (Wildman–Crippen LogP) is 0.654. The van der Waals surface area contributed by atoms with Crippen LogP contribution in [0.15, 0.2) is 0 Å². The van der Waals surface area contributed by atoms with Crippen molar-refractivity contribution in [1.29, 1.82) is 0 Å². The Morgan fingerprint density at radius 2 is 2.00 bits per heavy atom. The number of ether oxygens (including phenoxy) is 1. The molecule has 1 fully saturated rings. The summed E-state index contributed by atoms with van der Waals surface area (Å²) < 4.78 is 5.26. The lowest BCUT2D eigenvalue weighted by Gasteiger charge is -2.27. The molecule has 0 bridgehead atoms. The maximum Gasteiger partial charge on any atom is 0.237 e. The topological polar surface area (TPSA) is 84.6 Å². The van der Waals surface area contributed by atoms with Crippen LogP contribution in [0.1, 0.15) is 40.0 Å². The average Bonchev–Trinajstić information content (AvgIpc) is 2.34. The first-order chi connectivity index (χ1) is 8.79. The van der Waals surface area contributed by atoms with Crippen molar-refractivity contribution in [2.24, 2.45) is 17.1 Å². The van der Waals surface area contributed by atoms with Crippen LogP contribution in [0, 0.1) is 11.3 Å². The molecule has 1 heterocycles. The monoisotopic (exact) mass is 272 g/mol. The Kier molecular flexibility index (Phi) is 6.23. The molecule has 1 aliphatic rings. The molecular formula is C14H28N2O3. The molecule has 0 aromatic carbocycles. The molecule has 2 unspecified atom stereocenters. The minimum atomic E-state index is -0.522. The number of nitrogens with one attached hydrogen (secondary N) is 1. The normalized spacial score (nSPS) is 20.9. The van der Waals surface area contributed by atoms with Crippen molar-refractivity contribution in [1.82, 2.24) is 5.32 Å². The lowest BCUT2D eigenvalue weighted by atomic mass is 9.89. The summed E-state index contributed by atoms with van der Waals surface area (Å²) >= 11 is 0. The smallest absolute Gasteiger partial charge is 0.237 e. The van der Waals surface area contributed by atoms with Gasteiger partial charge in [-0.25, -0.2) is 0 Å². The van der Waals surface area contributed by atoms with Crippen molar-refractivity contribution in [2.45, 2.75) is 52.2 Å². The number of aliphatic hydroxyl groups is 1. The number of amides is 1. The number of rotatable bonds is 5. The lowest BCUT2D eigenvalue weighted by molar-refractivity contribution is -0.124. The van der Waals surface area contributed by atoms with E-state index in [9.17, 15) is 9.90 Å². The molecule has 0 aromatic heterocycles. The molecule has 0 saturated carbocycles. The van der Waals surface area contributed by atoms with Crippen LogP contribution in [-0.4, -0.2) is 42.9 Å². The van der Waals surface area contributed by atoms with Gasteiger partial charge in [0, 0.05) is 19.8 Å². The van der Waals surface area contributed by atoms with Crippen molar-refractivity contribution in [3.05, 3.63) is 0 Å². The van der Waals surface area contributed by atoms with Gasteiger partial charge in [-0.2, -0.15) is 0 Å². The van der Waals surface area contributed by atoms with Crippen LogP contribution in [0.5, 0.6) is 0 Å². The molecular weight excluding hydrogens is 244 g/mol. The molecule has 0 aliphatic carbocycles. The van der Waals surface area contributed by atoms with Crippen molar-refractivity contribution < 1.29 is 14.6 Å². The van der Waals surface area contributed by atoms with E-state index in [1.807, 2.05) is 0 Å². The first kappa shape index (κ1) is 16.4. The molecule has 112 valence electrons. The Bertz CT molecular complexity index is 283. The Morgan fingerprint density at radius 3 is 2.53 bits per heavy atom. The number of carbonyl (C=O) groups is 1. The molecule has 0 aromatic rings. The quantitative estimate of drug-likeness (QED) is 0.686. The number of hydrogen-bond donors (Lipinski definition) is 3. The average molecular weight is 272 g/mol. The largest absolute Gasteiger partial charge is 0.391 e. The van der Waals surface area contributed by atoms with Gasteiger partial charge in [0.15, 0.2) is 0 Å². The van der Waals surface area contributed by atoms with Gasteiger partial charge in [-0.1, -0.05) is 20.8 Å². The van der Waals surface area contributed by atoms with Gasteiger partial charge < -0.3 is 20.9 Å². The third-order valence-corrected chi connectivity index (χ3v) is 3.44. The van der Waals surface area contributed by atoms with Crippen molar-refractivity contribution in [3.63, 3.8) is 0 Å². The van der Waals surface area contributed by atoms with Gasteiger partial charge in [0.2, 0.25) is 5.91 Å². The predicted molar refractivity (Wildman–Crippen MR) is 74.6 cm³/mol. The highest BCUT2D eigenvalue weighted by Crippen LogP contribution is 2.20. The van der Waals surface area contributed by atoms with Crippen molar-refractivity contribution in [3.8, 4) is 0 Å². The van der Waals surface area contributed by atoms with Crippen LogP contribution in [0.2, 0.25) is 0 Å². The maximum absolute atomic E-state index is 11.9. The molecule has 1 amide bonds. The lowest BCUT2D eigenvalue weighted by Crippen LogP contribution is -2.48. The third-order valence-electron chi connectivity index (χ3n) is 3.44. The summed E-state index contributed by atoms with van der Waals surface area (Å²) in [5.41, 5.74) is 6.00. The van der Waals surface area contributed by atoms with E-state index >= 15 is 0 Å². The zero-order valence-corrected chi connectivity index (χ0v) is 12.3. The SMILES string of the molecule is CC(C)(C)CC(O)CNC(=O)C(N)C1CCOCC1. The van der Waals surface area contributed by atoms with E-state index in [0.29, 0.717) is 19.6 Å². The van der Waals surface area contributed by atoms with E-state index in [1.54, 1.807) is 0 Å². The fraction of sp³-hybridized carbons (Fsp3) is 0.929. The number of hydrogen-bond acceptors (Lipinski definition) is 4. The fourth-order valence-corrected chi connectivity index (χ4v) is 2.40. The van der Waals surface area contributed by atoms with E-state index in [2.05, 4.69) is 26.1 Å². The van der Waals surface area contributed by atoms with Gasteiger partial charge in [-0.3, -0.25) is 4.79 Å². The van der Waals surface area contributed by atoms with E-state index in [0.717, 1.165) is 12.8 Å². The van der Waals surface area contributed by atoms with Crippen LogP contribution in [0.25, 0.3) is 0 Å². The summed E-state index contributed by atoms with van der Waals surface area (Å²) in [7, 11) is 0. The summed E-state index contributed by atoms with van der Waals surface area (Å²) in [6.07, 6.45) is 1.80. The highest BCUT2D eigenvalue weighted by Gasteiger charge is 2.27. The first-order valence-corrected chi connectivity index (χ1v) is 7.09. The standard InChI is InChI=1S/C14H28N2O3/c1-14(2,3)8-11(17)9-16-13(18)12(15)10-4-6-19-7-5-10/h10-12,17H,4-9,15H2,1-3H3,(H,16,18). The number of aliphatic hydroxyl groups excluding tert-OH is 1. The van der Waals surface area contributed by atoms with Gasteiger partial charge >= 0.3 is 0 Å². The summed E-state index contributed by atoms with van der Waals surface area (Å²) in [5, 5.41) is 12.6. The second-order valence-corrected chi connectivity index (χ2v) is 6.64. The van der Waals surface area contributed by atoms with Crippen LogP contribution in [0.3, 0.4) is 0 Å². The third kappa shape index (κ3) is 6.36. The van der Waals surface area contributed by atoms with E-state index in [1.165, 1.54) is 0 Å². The molecule has 0 spiro atoms. The molecule has 19 heavy (non-hydrogen) atoms. The molecule has 5 heteroatoms. The van der Waals surface area contributed by atoms with Crippen molar-refractivity contribution >= 4 is 5.91 Å². The molecule has 5 nitrogen and oxygen atoms in total. The summed E-state index contributed by atoms with van der Waals surface area (Å²) in [4.78, 5) is 11.9. The van der Waals surface area contributed by atoms with Gasteiger partial charge in [-0.05, 0) is 30.6 Å². The summed E-state index contributed by atoms with van der Waals surface area (Å²) in [5.74, 6) is 0.0216. The maximum atomic E-state index is 11.9. The Balaban J connectivity index is 2.29. The second-order valence-electron chi connectivity index (χ2n) is 6.64. The Hall–Kier alpha value is -0.650. The summed E-state index contributed by atoms with van der Waals surface area (Å²) in [6.45, 7) is 7.81. The molecule has 1 rings (SSSR count). The van der Waals surface area contributed by atoms with Gasteiger partial charge in [0.25, 0.3) is 0 Å². The van der Waals surface area contributed by atoms with Crippen LogP contribution >= 0.6 is 0 Å². The van der Waals surface area contributed by atoms with Crippen LogP contribution < -0.4 is 11.1 Å². The summed E-state index contributed by atoms with van der Waals surface area (Å²) in [6, 6.07) is -0.495. The minimum Gasteiger partial charge on any atom is -0.391 e. The van der Waals surface area contributed by atoms with Gasteiger partial charge in [0.05, 0.1) is 12.1 Å². The zero-order chi connectivity index (χ0) is 14.5. The molecule has 2 atom stereocenters. The first-order valence-electron chi connectivity index (χ1n) is 7.09. The van der Waals surface area contributed by atoms with Crippen LogP contribution in [0.4, 0.5) is 0 Å². The van der Waals surface area contributed by atoms with E-state index in [-0.39, 0.29) is 23.8 Å². The number of carbonyl (C=O) groups excluding carboxylic acids is 1. The van der Waals surface area contributed by atoms with Gasteiger partial charge in [0.1, 0.15) is 0 Å². The van der Waals surface area contributed by atoms with E-state index in [4.69, 9.17) is 10.5 Å². The molecule has 1 aliphatic heterocycles. The van der Waals surface area contributed by atoms with E-state index < -0.39 is 12.1 Å². The molecule has 0 radical (unpaired) electrons. The number of nitrogens with two attached hydrogens (primary N) is 1. The fourth-order valence-electron chi connectivity index (χ4n) is 2.40.